The first-order valence-corrected chi connectivity index (χ1v) is 3.10. The quantitative estimate of drug-likeness (QED) is 0.525. The number of carbonyl (C=O) groups is 1. The van der Waals surface area contributed by atoms with Gasteiger partial charge in [-0.15, -0.1) is 0 Å². The van der Waals surface area contributed by atoms with E-state index in [9.17, 15) is 4.79 Å². The molecule has 50 valence electrons. The number of carbonyl (C=O) groups excluding carboxylic acids is 1. The maximum Gasteiger partial charge on any atom is 0.157 e. The number of hydrogen-bond donors (Lipinski definition) is 0. The van der Waals surface area contributed by atoms with Crippen molar-refractivity contribution in [3.05, 3.63) is 12.7 Å². The number of rotatable bonds is 3. The molecule has 0 amide bonds. The molecule has 1 aliphatic heterocycles. The fourth-order valence-corrected chi connectivity index (χ4v) is 0.753. The lowest BCUT2D eigenvalue weighted by atomic mass is 10.1. The molecule has 1 fully saturated rings. The SMILES string of the molecule is C=CC(=O)CC1CCO1. The molecular formula is C7H10O2. The van der Waals surface area contributed by atoms with Gasteiger partial charge in [-0.2, -0.15) is 0 Å². The standard InChI is InChI=1S/C7H10O2/c1-2-6(8)5-7-3-4-9-7/h2,7H,1,3-5H2. The molecule has 2 nitrogen and oxygen atoms in total. The largest absolute Gasteiger partial charge is 0.378 e. The molecule has 0 bridgehead atoms. The van der Waals surface area contributed by atoms with Crippen molar-refractivity contribution >= 4 is 5.78 Å². The zero-order chi connectivity index (χ0) is 6.69. The molecule has 1 saturated heterocycles. The molecular weight excluding hydrogens is 116 g/mol. The first-order chi connectivity index (χ1) is 4.33. The summed E-state index contributed by atoms with van der Waals surface area (Å²) in [5.74, 6) is 0.0831. The summed E-state index contributed by atoms with van der Waals surface area (Å²) in [5, 5.41) is 0. The van der Waals surface area contributed by atoms with Crippen molar-refractivity contribution in [2.75, 3.05) is 6.61 Å². The van der Waals surface area contributed by atoms with Gasteiger partial charge in [0.05, 0.1) is 6.10 Å². The second-order valence-corrected chi connectivity index (χ2v) is 2.16. The Kier molecular flexibility index (Phi) is 2.01. The lowest BCUT2D eigenvalue weighted by Crippen LogP contribution is -2.28. The molecule has 2 heteroatoms. The molecule has 1 aliphatic rings. The van der Waals surface area contributed by atoms with Gasteiger partial charge < -0.3 is 4.74 Å². The van der Waals surface area contributed by atoms with Gasteiger partial charge >= 0.3 is 0 Å². The van der Waals surface area contributed by atoms with E-state index in [0.717, 1.165) is 13.0 Å². The highest BCUT2D eigenvalue weighted by Crippen LogP contribution is 2.14. The van der Waals surface area contributed by atoms with E-state index >= 15 is 0 Å². The molecule has 0 aliphatic carbocycles. The van der Waals surface area contributed by atoms with Crippen LogP contribution < -0.4 is 0 Å². The van der Waals surface area contributed by atoms with E-state index in [4.69, 9.17) is 4.74 Å². The molecule has 0 aromatic carbocycles. The summed E-state index contributed by atoms with van der Waals surface area (Å²) in [6.07, 6.45) is 3.08. The molecule has 0 spiro atoms. The summed E-state index contributed by atoms with van der Waals surface area (Å²) >= 11 is 0. The Balaban J connectivity index is 2.16. The molecule has 9 heavy (non-hydrogen) atoms. The van der Waals surface area contributed by atoms with Gasteiger partial charge in [0, 0.05) is 13.0 Å². The maximum atomic E-state index is 10.6. The molecule has 0 saturated carbocycles. The fraction of sp³-hybridized carbons (Fsp3) is 0.571. The van der Waals surface area contributed by atoms with Crippen LogP contribution in [-0.4, -0.2) is 18.5 Å². The minimum absolute atomic E-state index is 0.0831. The maximum absolute atomic E-state index is 10.6. The van der Waals surface area contributed by atoms with E-state index in [1.165, 1.54) is 6.08 Å². The van der Waals surface area contributed by atoms with E-state index < -0.39 is 0 Å². The van der Waals surface area contributed by atoms with Crippen LogP contribution in [0.1, 0.15) is 12.8 Å². The van der Waals surface area contributed by atoms with E-state index in [-0.39, 0.29) is 11.9 Å². The van der Waals surface area contributed by atoms with Crippen molar-refractivity contribution in [3.63, 3.8) is 0 Å². The van der Waals surface area contributed by atoms with Crippen LogP contribution in [0, 0.1) is 0 Å². The number of ether oxygens (including phenoxy) is 1. The van der Waals surface area contributed by atoms with Gasteiger partial charge in [-0.25, -0.2) is 0 Å². The van der Waals surface area contributed by atoms with Gasteiger partial charge in [0.15, 0.2) is 5.78 Å². The topological polar surface area (TPSA) is 26.3 Å². The van der Waals surface area contributed by atoms with Crippen molar-refractivity contribution in [3.8, 4) is 0 Å². The van der Waals surface area contributed by atoms with E-state index in [0.29, 0.717) is 6.42 Å². The Labute approximate surface area is 54.5 Å². The summed E-state index contributed by atoms with van der Waals surface area (Å²) in [6.45, 7) is 4.18. The second kappa shape index (κ2) is 2.78. The van der Waals surface area contributed by atoms with E-state index in [1.54, 1.807) is 0 Å². The molecule has 1 rings (SSSR count). The van der Waals surface area contributed by atoms with Crippen LogP contribution in [0.25, 0.3) is 0 Å². The van der Waals surface area contributed by atoms with Crippen LogP contribution in [0.3, 0.4) is 0 Å². The first-order valence-electron chi connectivity index (χ1n) is 3.10. The normalized spacial score (nSPS) is 24.7. The van der Waals surface area contributed by atoms with Gasteiger partial charge in [0.25, 0.3) is 0 Å². The van der Waals surface area contributed by atoms with Crippen molar-refractivity contribution in [1.82, 2.24) is 0 Å². The Morgan fingerprint density at radius 2 is 2.56 bits per heavy atom. The van der Waals surface area contributed by atoms with Crippen LogP contribution in [0.15, 0.2) is 12.7 Å². The highest BCUT2D eigenvalue weighted by Gasteiger charge is 2.19. The van der Waals surface area contributed by atoms with Crippen molar-refractivity contribution < 1.29 is 9.53 Å². The van der Waals surface area contributed by atoms with Gasteiger partial charge in [0.2, 0.25) is 0 Å². The van der Waals surface area contributed by atoms with Crippen LogP contribution in [-0.2, 0) is 9.53 Å². The van der Waals surface area contributed by atoms with Crippen molar-refractivity contribution in [2.24, 2.45) is 0 Å². The third-order valence-electron chi connectivity index (χ3n) is 1.45. The van der Waals surface area contributed by atoms with Crippen LogP contribution in [0.5, 0.6) is 0 Å². The number of allylic oxidation sites excluding steroid dienone is 1. The molecule has 0 aromatic rings. The van der Waals surface area contributed by atoms with Gasteiger partial charge in [-0.1, -0.05) is 6.58 Å². The highest BCUT2D eigenvalue weighted by atomic mass is 16.5. The Hall–Kier alpha value is -0.630. The highest BCUT2D eigenvalue weighted by molar-refractivity contribution is 5.89. The van der Waals surface area contributed by atoms with Crippen LogP contribution in [0.4, 0.5) is 0 Å². The van der Waals surface area contributed by atoms with Crippen LogP contribution in [0.2, 0.25) is 0 Å². The molecule has 0 radical (unpaired) electrons. The van der Waals surface area contributed by atoms with E-state index in [1.807, 2.05) is 0 Å². The predicted molar refractivity (Wildman–Crippen MR) is 34.2 cm³/mol. The Morgan fingerprint density at radius 3 is 2.89 bits per heavy atom. The second-order valence-electron chi connectivity index (χ2n) is 2.16. The molecule has 0 aromatic heterocycles. The number of hydrogen-bond acceptors (Lipinski definition) is 2. The lowest BCUT2D eigenvalue weighted by molar-refractivity contribution is -0.122. The third-order valence-corrected chi connectivity index (χ3v) is 1.45. The van der Waals surface area contributed by atoms with Crippen molar-refractivity contribution in [1.29, 1.82) is 0 Å². The molecule has 0 N–H and O–H groups in total. The van der Waals surface area contributed by atoms with Gasteiger partial charge in [-0.3, -0.25) is 4.79 Å². The lowest BCUT2D eigenvalue weighted by Gasteiger charge is -2.24. The summed E-state index contributed by atoms with van der Waals surface area (Å²) in [5.41, 5.74) is 0. The smallest absolute Gasteiger partial charge is 0.157 e. The monoisotopic (exact) mass is 126 g/mol. The van der Waals surface area contributed by atoms with Gasteiger partial charge in [0.1, 0.15) is 0 Å². The molecule has 1 unspecified atom stereocenters. The van der Waals surface area contributed by atoms with Gasteiger partial charge in [-0.05, 0) is 12.5 Å². The zero-order valence-electron chi connectivity index (χ0n) is 5.30. The summed E-state index contributed by atoms with van der Waals surface area (Å²) in [6, 6.07) is 0. The minimum atomic E-state index is 0.0831. The Morgan fingerprint density at radius 1 is 1.89 bits per heavy atom. The first kappa shape index (κ1) is 6.49. The summed E-state index contributed by atoms with van der Waals surface area (Å²) in [7, 11) is 0. The summed E-state index contributed by atoms with van der Waals surface area (Å²) in [4.78, 5) is 10.6. The zero-order valence-corrected chi connectivity index (χ0v) is 5.30. The molecule has 1 atom stereocenters. The van der Waals surface area contributed by atoms with Crippen LogP contribution >= 0.6 is 0 Å². The number of ketones is 1. The average molecular weight is 126 g/mol. The van der Waals surface area contributed by atoms with Crippen molar-refractivity contribution in [2.45, 2.75) is 18.9 Å². The molecule has 1 heterocycles. The Bertz CT molecular complexity index is 125. The fourth-order valence-electron chi connectivity index (χ4n) is 0.753. The average Bonchev–Trinajstić information content (AvgIpc) is 1.78. The minimum Gasteiger partial charge on any atom is -0.378 e. The summed E-state index contributed by atoms with van der Waals surface area (Å²) < 4.78 is 5.03. The van der Waals surface area contributed by atoms with E-state index in [2.05, 4.69) is 6.58 Å². The predicted octanol–water partition coefficient (Wildman–Crippen LogP) is 0.920. The third kappa shape index (κ3) is 1.64.